The lowest BCUT2D eigenvalue weighted by Gasteiger charge is -2.28. The van der Waals surface area contributed by atoms with Gasteiger partial charge in [-0.05, 0) is 26.3 Å². The van der Waals surface area contributed by atoms with E-state index in [0.29, 0.717) is 6.61 Å². The third-order valence-corrected chi connectivity index (χ3v) is 3.71. The number of halogens is 2. The highest BCUT2D eigenvalue weighted by Gasteiger charge is 2.38. The number of aromatic nitrogens is 2. The van der Waals surface area contributed by atoms with Crippen molar-refractivity contribution in [2.45, 2.75) is 31.9 Å². The SMILES string of the molecule is CC1OCCC1(C)NC(=O)c1cc(Cl)nnc1Cl. The van der Waals surface area contributed by atoms with E-state index in [9.17, 15) is 4.79 Å². The van der Waals surface area contributed by atoms with Gasteiger partial charge in [-0.2, -0.15) is 0 Å². The van der Waals surface area contributed by atoms with Gasteiger partial charge in [-0.3, -0.25) is 4.79 Å². The number of nitrogens with zero attached hydrogens (tertiary/aromatic N) is 2. The van der Waals surface area contributed by atoms with Crippen LogP contribution in [0.4, 0.5) is 0 Å². The smallest absolute Gasteiger partial charge is 0.255 e. The van der Waals surface area contributed by atoms with Crippen molar-refractivity contribution in [2.75, 3.05) is 6.61 Å². The lowest BCUT2D eigenvalue weighted by atomic mass is 9.94. The molecule has 0 bridgehead atoms. The molecule has 1 aliphatic heterocycles. The van der Waals surface area contributed by atoms with Crippen LogP contribution in [0, 0.1) is 0 Å². The first-order valence-corrected chi connectivity index (χ1v) is 6.31. The topological polar surface area (TPSA) is 64.1 Å². The predicted molar refractivity (Wildman–Crippen MR) is 68.0 cm³/mol. The van der Waals surface area contributed by atoms with Crippen LogP contribution in [0.5, 0.6) is 0 Å². The summed E-state index contributed by atoms with van der Waals surface area (Å²) in [5.74, 6) is -0.323. The van der Waals surface area contributed by atoms with Crippen molar-refractivity contribution in [3.8, 4) is 0 Å². The first-order valence-electron chi connectivity index (χ1n) is 5.55. The van der Waals surface area contributed by atoms with E-state index in [2.05, 4.69) is 15.5 Å². The number of amides is 1. The van der Waals surface area contributed by atoms with Gasteiger partial charge in [0.05, 0.1) is 17.2 Å². The second-order valence-corrected chi connectivity index (χ2v) is 5.25. The molecule has 1 saturated heterocycles. The monoisotopic (exact) mass is 289 g/mol. The second-order valence-electron chi connectivity index (χ2n) is 4.51. The second kappa shape index (κ2) is 4.99. The summed E-state index contributed by atoms with van der Waals surface area (Å²) in [6.45, 7) is 4.49. The molecule has 0 aromatic carbocycles. The van der Waals surface area contributed by atoms with Crippen LogP contribution in [0.25, 0.3) is 0 Å². The van der Waals surface area contributed by atoms with E-state index in [4.69, 9.17) is 27.9 Å². The number of ether oxygens (including phenoxy) is 1. The zero-order valence-electron chi connectivity index (χ0n) is 10.0. The molecule has 0 aliphatic carbocycles. The van der Waals surface area contributed by atoms with Crippen molar-refractivity contribution in [3.63, 3.8) is 0 Å². The average molecular weight is 290 g/mol. The average Bonchev–Trinajstić information content (AvgIpc) is 2.62. The summed E-state index contributed by atoms with van der Waals surface area (Å²) in [5, 5.41) is 10.3. The molecule has 98 valence electrons. The summed E-state index contributed by atoms with van der Waals surface area (Å²) < 4.78 is 5.46. The van der Waals surface area contributed by atoms with E-state index in [1.54, 1.807) is 0 Å². The number of carbonyl (C=O) groups excluding carboxylic acids is 1. The number of carbonyl (C=O) groups is 1. The molecular weight excluding hydrogens is 277 g/mol. The summed E-state index contributed by atoms with van der Waals surface area (Å²) in [6.07, 6.45) is 0.703. The maximum atomic E-state index is 12.1. The van der Waals surface area contributed by atoms with E-state index in [1.807, 2.05) is 13.8 Å². The van der Waals surface area contributed by atoms with Crippen LogP contribution in [0.3, 0.4) is 0 Å². The van der Waals surface area contributed by atoms with Crippen molar-refractivity contribution < 1.29 is 9.53 Å². The lowest BCUT2D eigenvalue weighted by molar-refractivity contribution is 0.0727. The van der Waals surface area contributed by atoms with Crippen LogP contribution in [0.2, 0.25) is 10.3 Å². The Hall–Kier alpha value is -0.910. The lowest BCUT2D eigenvalue weighted by Crippen LogP contribution is -2.50. The zero-order valence-corrected chi connectivity index (χ0v) is 11.5. The molecule has 1 fully saturated rings. The van der Waals surface area contributed by atoms with Gasteiger partial charge in [0.25, 0.3) is 5.91 Å². The molecule has 0 saturated carbocycles. The third kappa shape index (κ3) is 2.58. The van der Waals surface area contributed by atoms with Crippen LogP contribution in [0.15, 0.2) is 6.07 Å². The van der Waals surface area contributed by atoms with E-state index in [-0.39, 0.29) is 27.9 Å². The highest BCUT2D eigenvalue weighted by atomic mass is 35.5. The Bertz CT molecular complexity index is 483. The normalized spacial score (nSPS) is 27.2. The van der Waals surface area contributed by atoms with Crippen molar-refractivity contribution in [1.82, 2.24) is 15.5 Å². The van der Waals surface area contributed by atoms with Crippen LogP contribution < -0.4 is 5.32 Å². The molecule has 2 atom stereocenters. The molecule has 1 aromatic heterocycles. The van der Waals surface area contributed by atoms with E-state index >= 15 is 0 Å². The third-order valence-electron chi connectivity index (χ3n) is 3.25. The summed E-state index contributed by atoms with van der Waals surface area (Å²) in [6, 6.07) is 1.40. The standard InChI is InChI=1S/C11H13Cl2N3O2/c1-6-11(2,3-4-18-6)14-10(17)7-5-8(12)15-16-9(7)13/h5-6H,3-4H2,1-2H3,(H,14,17). The number of nitrogens with one attached hydrogen (secondary N) is 1. The minimum Gasteiger partial charge on any atom is -0.376 e. The largest absolute Gasteiger partial charge is 0.376 e. The van der Waals surface area contributed by atoms with E-state index in [1.165, 1.54) is 6.07 Å². The van der Waals surface area contributed by atoms with Gasteiger partial charge in [-0.1, -0.05) is 23.2 Å². The quantitative estimate of drug-likeness (QED) is 0.905. The molecule has 7 heteroatoms. The molecule has 1 aliphatic rings. The van der Waals surface area contributed by atoms with Gasteiger partial charge in [-0.25, -0.2) is 0 Å². The molecule has 2 heterocycles. The highest BCUT2D eigenvalue weighted by molar-refractivity contribution is 6.34. The Morgan fingerprint density at radius 2 is 2.28 bits per heavy atom. The van der Waals surface area contributed by atoms with Gasteiger partial charge in [-0.15, -0.1) is 10.2 Å². The van der Waals surface area contributed by atoms with Crippen LogP contribution >= 0.6 is 23.2 Å². The summed E-state index contributed by atoms with van der Waals surface area (Å²) >= 11 is 11.5. The van der Waals surface area contributed by atoms with Crippen molar-refractivity contribution in [1.29, 1.82) is 0 Å². The van der Waals surface area contributed by atoms with Crippen LogP contribution in [0.1, 0.15) is 30.6 Å². The Balaban J connectivity index is 2.19. The van der Waals surface area contributed by atoms with Gasteiger partial charge in [0, 0.05) is 6.61 Å². The fourth-order valence-electron chi connectivity index (χ4n) is 1.84. The molecule has 0 radical (unpaired) electrons. The van der Waals surface area contributed by atoms with Crippen molar-refractivity contribution in [2.24, 2.45) is 0 Å². The maximum Gasteiger partial charge on any atom is 0.255 e. The number of rotatable bonds is 2. The van der Waals surface area contributed by atoms with Crippen LogP contribution in [-0.4, -0.2) is 34.4 Å². The van der Waals surface area contributed by atoms with Gasteiger partial charge in [0.1, 0.15) is 0 Å². The van der Waals surface area contributed by atoms with Crippen molar-refractivity contribution >= 4 is 29.1 Å². The molecule has 0 spiro atoms. The Morgan fingerprint density at radius 1 is 1.56 bits per heavy atom. The van der Waals surface area contributed by atoms with E-state index in [0.717, 1.165) is 6.42 Å². The molecule has 18 heavy (non-hydrogen) atoms. The first kappa shape index (κ1) is 13.5. The molecule has 5 nitrogen and oxygen atoms in total. The van der Waals surface area contributed by atoms with Gasteiger partial charge in [0.2, 0.25) is 0 Å². The molecular formula is C11H13Cl2N3O2. The van der Waals surface area contributed by atoms with Gasteiger partial charge >= 0.3 is 0 Å². The Kier molecular flexibility index (Phi) is 3.75. The zero-order chi connectivity index (χ0) is 13.3. The molecule has 1 aromatic rings. The Labute approximate surface area is 115 Å². The summed E-state index contributed by atoms with van der Waals surface area (Å²) in [4.78, 5) is 12.1. The highest BCUT2D eigenvalue weighted by Crippen LogP contribution is 2.26. The molecule has 2 rings (SSSR count). The maximum absolute atomic E-state index is 12.1. The van der Waals surface area contributed by atoms with Crippen LogP contribution in [-0.2, 0) is 4.74 Å². The van der Waals surface area contributed by atoms with Gasteiger partial charge in [0.15, 0.2) is 10.3 Å². The minimum absolute atomic E-state index is 0.0343. The van der Waals surface area contributed by atoms with Gasteiger partial charge < -0.3 is 10.1 Å². The number of hydrogen-bond acceptors (Lipinski definition) is 4. The molecule has 2 unspecified atom stereocenters. The minimum atomic E-state index is -0.407. The van der Waals surface area contributed by atoms with Crippen molar-refractivity contribution in [3.05, 3.63) is 21.9 Å². The van der Waals surface area contributed by atoms with E-state index < -0.39 is 5.54 Å². The Morgan fingerprint density at radius 3 is 2.89 bits per heavy atom. The fourth-order valence-corrected chi connectivity index (χ4v) is 2.16. The molecule has 1 amide bonds. The summed E-state index contributed by atoms with van der Waals surface area (Å²) in [5.41, 5.74) is -0.187. The number of hydrogen-bond donors (Lipinski definition) is 1. The fraction of sp³-hybridized carbons (Fsp3) is 0.545. The molecule has 1 N–H and O–H groups in total. The predicted octanol–water partition coefficient (Wildman–Crippen LogP) is 2.08. The first-order chi connectivity index (χ1) is 8.42. The summed E-state index contributed by atoms with van der Waals surface area (Å²) in [7, 11) is 0.